The summed E-state index contributed by atoms with van der Waals surface area (Å²) in [6.07, 6.45) is 19.3. The van der Waals surface area contributed by atoms with Crippen LogP contribution in [0.1, 0.15) is 60.3 Å². The number of fused-ring (bicyclic) bond motifs is 1. The molecule has 5 heterocycles. The fraction of sp³-hybridized carbons (Fsp3) is 0.250. The summed E-state index contributed by atoms with van der Waals surface area (Å²) in [6, 6.07) is 20.9. The van der Waals surface area contributed by atoms with Gasteiger partial charge in [0.15, 0.2) is 0 Å². The highest BCUT2D eigenvalue weighted by atomic mass is 16.1. The monoisotopic (exact) mass is 717 g/mol. The van der Waals surface area contributed by atoms with E-state index in [4.69, 9.17) is 5.73 Å². The molecule has 1 amide bonds. The molecule has 2 aliphatic carbocycles. The largest absolute Gasteiger partial charge is 0.368 e. The Morgan fingerprint density at radius 2 is 1.26 bits per heavy atom. The highest BCUT2D eigenvalue weighted by molar-refractivity contribution is 5.94. The van der Waals surface area contributed by atoms with Gasteiger partial charge in [-0.15, -0.1) is 20.4 Å². The van der Waals surface area contributed by atoms with Gasteiger partial charge >= 0.3 is 0 Å². The Hall–Kier alpha value is -6.70. The quantitative estimate of drug-likeness (QED) is 0.124. The average Bonchev–Trinajstić information content (AvgIpc) is 3.67. The maximum Gasteiger partial charge on any atom is 0.248 e. The number of H-pyrrole nitrogens is 1. The van der Waals surface area contributed by atoms with Gasteiger partial charge < -0.3 is 16.4 Å². The summed E-state index contributed by atoms with van der Waals surface area (Å²) in [7, 11) is 0. The molecule has 270 valence electrons. The normalized spacial score (nSPS) is 15.2. The lowest BCUT2D eigenvalue weighted by Crippen LogP contribution is -2.41. The number of hydrogen-bond acceptors (Lipinski definition) is 12. The lowest BCUT2D eigenvalue weighted by molar-refractivity contribution is 0.100. The van der Waals surface area contributed by atoms with Crippen LogP contribution in [0.4, 0.5) is 11.6 Å². The van der Waals surface area contributed by atoms with Gasteiger partial charge in [-0.05, 0) is 68.1 Å². The van der Waals surface area contributed by atoms with Crippen LogP contribution in [0.3, 0.4) is 0 Å². The molecule has 2 aliphatic rings. The van der Waals surface area contributed by atoms with Crippen molar-refractivity contribution in [1.29, 1.82) is 0 Å². The molecule has 0 radical (unpaired) electrons. The predicted octanol–water partition coefficient (Wildman–Crippen LogP) is 5.91. The number of hydrogen-bond donors (Lipinski definition) is 4. The van der Waals surface area contributed by atoms with E-state index >= 15 is 0 Å². The van der Waals surface area contributed by atoms with E-state index < -0.39 is 5.91 Å². The van der Waals surface area contributed by atoms with Gasteiger partial charge in [-0.25, -0.2) is 0 Å². The molecule has 2 aromatic carbocycles. The molecule has 2 fully saturated rings. The number of anilines is 2. The van der Waals surface area contributed by atoms with Crippen LogP contribution in [0.5, 0.6) is 0 Å². The van der Waals surface area contributed by atoms with Crippen molar-refractivity contribution < 1.29 is 4.79 Å². The molecule has 0 atom stereocenters. The lowest BCUT2D eigenvalue weighted by atomic mass is 9.66. The Kier molecular flexibility index (Phi) is 9.62. The summed E-state index contributed by atoms with van der Waals surface area (Å²) in [5, 5.41) is 32.2. The summed E-state index contributed by atoms with van der Waals surface area (Å²) in [5.74, 6) is 1.02. The molecule has 5 aromatic heterocycles. The Balaban J connectivity index is 0.000000153. The molecule has 14 nitrogen and oxygen atoms in total. The number of nitrogens with zero attached hydrogens (tertiary/aromatic N) is 9. The zero-order chi connectivity index (χ0) is 36.8. The second-order valence-corrected chi connectivity index (χ2v) is 13.9. The number of carbonyl (C=O) groups excluding carboxylic acids is 1. The van der Waals surface area contributed by atoms with Crippen LogP contribution in [0.15, 0.2) is 110 Å². The molecule has 0 aliphatic heterocycles. The van der Waals surface area contributed by atoms with Gasteiger partial charge in [-0.3, -0.25) is 29.8 Å². The van der Waals surface area contributed by atoms with Crippen LogP contribution in [0, 0.1) is 0 Å². The smallest absolute Gasteiger partial charge is 0.248 e. The number of rotatable bonds is 11. The van der Waals surface area contributed by atoms with E-state index in [2.05, 4.69) is 61.2 Å². The second-order valence-electron chi connectivity index (χ2n) is 13.9. The van der Waals surface area contributed by atoms with Gasteiger partial charge in [0.1, 0.15) is 11.6 Å². The fourth-order valence-corrected chi connectivity index (χ4v) is 7.01. The Morgan fingerprint density at radius 1 is 0.667 bits per heavy atom. The number of aromatic amines is 1. The molecule has 0 spiro atoms. The molecule has 5 N–H and O–H groups in total. The Bertz CT molecular complexity index is 2320. The zero-order valence-electron chi connectivity index (χ0n) is 29.6. The van der Waals surface area contributed by atoms with E-state index in [0.717, 1.165) is 83.7 Å². The lowest BCUT2D eigenvalue weighted by Gasteiger charge is -2.41. The van der Waals surface area contributed by atoms with Crippen molar-refractivity contribution in [2.24, 2.45) is 5.73 Å². The number of aromatic nitrogens is 10. The summed E-state index contributed by atoms with van der Waals surface area (Å²) in [6.45, 7) is 1.54. The molecular weight excluding hydrogens is 679 g/mol. The number of primary amides is 1. The first-order valence-corrected chi connectivity index (χ1v) is 18.0. The highest BCUT2D eigenvalue weighted by Crippen LogP contribution is 2.43. The summed E-state index contributed by atoms with van der Waals surface area (Å²) in [4.78, 5) is 28.8. The minimum absolute atomic E-state index is 0.0183. The standard InChI is InChI=1S/C20H19N7.C20H20N6O/c1-6-20(7-1,18-12-21-8-9-22-18)13-23-19-5-4-16(26-27-19)14-2-3-15-11-24-25-17(15)10-14;21-19(27)15-4-1-3-14(11-15)16-5-6-18(26-25-16)24-13-20(7-2-8-20)17-12-22-9-10-23-17/h2-5,8-12H,1,6-7,13H2,(H,23,27)(H,24,25);1,3-6,9-12H,2,7-8,13H2,(H2,21,27)(H,24,26). The first-order chi connectivity index (χ1) is 26.5. The molecule has 0 saturated heterocycles. The molecule has 7 aromatic rings. The topological polar surface area (TPSA) is 199 Å². The number of benzene rings is 2. The van der Waals surface area contributed by atoms with Crippen LogP contribution in [0.2, 0.25) is 0 Å². The molecule has 14 heteroatoms. The van der Waals surface area contributed by atoms with Crippen molar-refractivity contribution >= 4 is 28.4 Å². The van der Waals surface area contributed by atoms with Crippen molar-refractivity contribution in [2.45, 2.75) is 49.4 Å². The molecule has 0 bridgehead atoms. The Labute approximate surface area is 311 Å². The van der Waals surface area contributed by atoms with E-state index in [1.54, 1.807) is 43.0 Å². The Morgan fingerprint density at radius 3 is 1.74 bits per heavy atom. The van der Waals surface area contributed by atoms with E-state index in [1.807, 2.05) is 67.1 Å². The van der Waals surface area contributed by atoms with E-state index in [-0.39, 0.29) is 10.8 Å². The van der Waals surface area contributed by atoms with Crippen LogP contribution >= 0.6 is 0 Å². The molecule has 2 saturated carbocycles. The van der Waals surface area contributed by atoms with Crippen molar-refractivity contribution in [2.75, 3.05) is 23.7 Å². The number of carbonyl (C=O) groups is 1. The molecule has 0 unspecified atom stereocenters. The second kappa shape index (κ2) is 15.1. The van der Waals surface area contributed by atoms with Gasteiger partial charge in [0.25, 0.3) is 0 Å². The maximum atomic E-state index is 11.3. The third-order valence-electron chi connectivity index (χ3n) is 10.6. The first kappa shape index (κ1) is 34.4. The van der Waals surface area contributed by atoms with Gasteiger partial charge in [0.2, 0.25) is 5.91 Å². The van der Waals surface area contributed by atoms with Crippen LogP contribution in [0.25, 0.3) is 33.4 Å². The summed E-state index contributed by atoms with van der Waals surface area (Å²) >= 11 is 0. The molecule has 9 rings (SSSR count). The van der Waals surface area contributed by atoms with E-state index in [9.17, 15) is 4.79 Å². The zero-order valence-corrected chi connectivity index (χ0v) is 29.6. The SMILES string of the molecule is NC(=O)c1cccc(-c2ccc(NCC3(c4cnccn4)CCC3)nn2)c1.c1cnc(C2(CNc3ccc(-c4ccc5cn[nH]c5c4)nn3)CCC2)cn1. The third-order valence-corrected chi connectivity index (χ3v) is 10.6. The van der Waals surface area contributed by atoms with E-state index in [1.165, 1.54) is 12.8 Å². The summed E-state index contributed by atoms with van der Waals surface area (Å²) < 4.78 is 0. The maximum absolute atomic E-state index is 11.3. The van der Waals surface area contributed by atoms with Crippen LogP contribution in [-0.2, 0) is 10.8 Å². The van der Waals surface area contributed by atoms with Gasteiger partial charge in [0.05, 0.1) is 34.5 Å². The minimum Gasteiger partial charge on any atom is -0.368 e. The van der Waals surface area contributed by atoms with Crippen molar-refractivity contribution in [1.82, 2.24) is 50.5 Å². The molecule has 54 heavy (non-hydrogen) atoms. The average molecular weight is 718 g/mol. The minimum atomic E-state index is -0.460. The van der Waals surface area contributed by atoms with Crippen LogP contribution < -0.4 is 16.4 Å². The number of amides is 1. The van der Waals surface area contributed by atoms with Crippen molar-refractivity contribution in [3.63, 3.8) is 0 Å². The highest BCUT2D eigenvalue weighted by Gasteiger charge is 2.41. The van der Waals surface area contributed by atoms with Crippen molar-refractivity contribution in [3.8, 4) is 22.5 Å². The van der Waals surface area contributed by atoms with E-state index in [0.29, 0.717) is 17.1 Å². The van der Waals surface area contributed by atoms with Crippen LogP contribution in [-0.4, -0.2) is 69.5 Å². The fourth-order valence-electron chi connectivity index (χ4n) is 7.01. The number of nitrogens with two attached hydrogens (primary N) is 1. The van der Waals surface area contributed by atoms with Gasteiger partial charge in [0, 0.05) is 83.2 Å². The van der Waals surface area contributed by atoms with Gasteiger partial charge in [-0.1, -0.05) is 37.1 Å². The summed E-state index contributed by atoms with van der Waals surface area (Å²) in [5.41, 5.74) is 12.3. The predicted molar refractivity (Wildman–Crippen MR) is 205 cm³/mol. The number of nitrogens with one attached hydrogen (secondary N) is 3. The first-order valence-electron chi connectivity index (χ1n) is 18.0. The third kappa shape index (κ3) is 7.31. The van der Waals surface area contributed by atoms with Crippen molar-refractivity contribution in [3.05, 3.63) is 127 Å². The molecular formula is C40H39N13O. The van der Waals surface area contributed by atoms with Gasteiger partial charge in [-0.2, -0.15) is 5.10 Å².